The molecule has 0 aromatic heterocycles. The summed E-state index contributed by atoms with van der Waals surface area (Å²) in [5.74, 6) is 0.450. The number of hydrogen-bond donors (Lipinski definition) is 3. The lowest BCUT2D eigenvalue weighted by Crippen LogP contribution is -2.31. The molecule has 2 atom stereocenters. The predicted molar refractivity (Wildman–Crippen MR) is 122 cm³/mol. The van der Waals surface area contributed by atoms with Crippen molar-refractivity contribution in [1.82, 2.24) is 5.32 Å². The molecular weight excluding hydrogens is 394 g/mol. The first kappa shape index (κ1) is 22.6. The van der Waals surface area contributed by atoms with Gasteiger partial charge in [-0.05, 0) is 62.6 Å². The highest BCUT2D eigenvalue weighted by atomic mass is 16.5. The molecule has 1 saturated heterocycles. The number of amides is 2. The molecule has 1 aliphatic rings. The Bertz CT molecular complexity index is 863. The monoisotopic (exact) mass is 425 g/mol. The molecule has 1 aliphatic heterocycles. The van der Waals surface area contributed by atoms with E-state index in [-0.39, 0.29) is 30.6 Å². The molecule has 3 N–H and O–H groups in total. The van der Waals surface area contributed by atoms with E-state index in [1.807, 2.05) is 31.2 Å². The Morgan fingerprint density at radius 2 is 1.97 bits per heavy atom. The summed E-state index contributed by atoms with van der Waals surface area (Å²) in [5.41, 5.74) is 2.00. The van der Waals surface area contributed by atoms with E-state index in [2.05, 4.69) is 22.9 Å². The highest BCUT2D eigenvalue weighted by Gasteiger charge is 2.16. The van der Waals surface area contributed by atoms with E-state index in [9.17, 15) is 9.59 Å². The van der Waals surface area contributed by atoms with E-state index >= 15 is 0 Å². The van der Waals surface area contributed by atoms with Gasteiger partial charge in [0.2, 0.25) is 5.91 Å². The van der Waals surface area contributed by atoms with Crippen molar-refractivity contribution < 1.29 is 19.1 Å². The zero-order valence-electron chi connectivity index (χ0n) is 18.1. The largest absolute Gasteiger partial charge is 0.491 e. The summed E-state index contributed by atoms with van der Waals surface area (Å²) < 4.78 is 11.3. The first-order chi connectivity index (χ1) is 15.0. The van der Waals surface area contributed by atoms with Crippen molar-refractivity contribution >= 4 is 23.2 Å². The molecule has 2 aromatic carbocycles. The zero-order valence-corrected chi connectivity index (χ0v) is 18.1. The summed E-state index contributed by atoms with van der Waals surface area (Å²) in [6, 6.07) is 14.4. The van der Waals surface area contributed by atoms with Crippen LogP contribution in [0.5, 0.6) is 5.75 Å². The maximum Gasteiger partial charge on any atom is 0.251 e. The maximum absolute atomic E-state index is 12.3. The van der Waals surface area contributed by atoms with Crippen LogP contribution in [-0.4, -0.2) is 43.7 Å². The topological polar surface area (TPSA) is 88.7 Å². The highest BCUT2D eigenvalue weighted by molar-refractivity contribution is 5.96. The van der Waals surface area contributed by atoms with Crippen LogP contribution < -0.4 is 20.7 Å². The first-order valence-electron chi connectivity index (χ1n) is 10.8. The number of nitrogens with one attached hydrogen (secondary N) is 3. The summed E-state index contributed by atoms with van der Waals surface area (Å²) >= 11 is 0. The SMILES string of the molecule is CCC(C)Oc1cccc(NCC(=O)Nc2ccc(C(=O)NCC3CCCO3)cc2)c1. The summed E-state index contributed by atoms with van der Waals surface area (Å²) in [7, 11) is 0. The number of carbonyl (C=O) groups is 2. The molecule has 0 bridgehead atoms. The maximum atomic E-state index is 12.3. The number of hydrogen-bond acceptors (Lipinski definition) is 5. The van der Waals surface area contributed by atoms with Crippen LogP contribution in [-0.2, 0) is 9.53 Å². The Kier molecular flexibility index (Phi) is 8.29. The number of rotatable bonds is 10. The molecule has 0 radical (unpaired) electrons. The normalized spacial score (nSPS) is 16.4. The van der Waals surface area contributed by atoms with Crippen molar-refractivity contribution in [2.75, 3.05) is 30.3 Å². The summed E-state index contributed by atoms with van der Waals surface area (Å²) in [6.45, 7) is 5.50. The molecule has 0 aliphatic carbocycles. The predicted octanol–water partition coefficient (Wildman–Crippen LogP) is 3.82. The van der Waals surface area contributed by atoms with Crippen LogP contribution >= 0.6 is 0 Å². The molecule has 0 spiro atoms. The molecule has 7 nitrogen and oxygen atoms in total. The second-order valence-corrected chi connectivity index (χ2v) is 7.69. The van der Waals surface area contributed by atoms with Gasteiger partial charge < -0.3 is 25.4 Å². The Hall–Kier alpha value is -3.06. The average molecular weight is 426 g/mol. The van der Waals surface area contributed by atoms with Crippen LogP contribution in [0.15, 0.2) is 48.5 Å². The van der Waals surface area contributed by atoms with Gasteiger partial charge in [-0.15, -0.1) is 0 Å². The first-order valence-corrected chi connectivity index (χ1v) is 10.8. The van der Waals surface area contributed by atoms with E-state index in [0.29, 0.717) is 17.8 Å². The van der Waals surface area contributed by atoms with Gasteiger partial charge in [-0.3, -0.25) is 9.59 Å². The fraction of sp³-hybridized carbons (Fsp3) is 0.417. The minimum absolute atomic E-state index is 0.109. The van der Waals surface area contributed by atoms with Crippen LogP contribution in [0.1, 0.15) is 43.5 Å². The van der Waals surface area contributed by atoms with Crippen molar-refractivity contribution in [2.45, 2.75) is 45.3 Å². The van der Waals surface area contributed by atoms with Gasteiger partial charge >= 0.3 is 0 Å². The molecule has 2 aromatic rings. The van der Waals surface area contributed by atoms with Gasteiger partial charge in [0.1, 0.15) is 5.75 Å². The lowest BCUT2D eigenvalue weighted by atomic mass is 10.2. The molecular formula is C24H31N3O4. The quantitative estimate of drug-likeness (QED) is 0.539. The van der Waals surface area contributed by atoms with Crippen molar-refractivity contribution in [3.05, 3.63) is 54.1 Å². The lowest BCUT2D eigenvalue weighted by molar-refractivity contribution is -0.114. The minimum Gasteiger partial charge on any atom is -0.491 e. The molecule has 1 fully saturated rings. The Balaban J connectivity index is 1.44. The standard InChI is InChI=1S/C24H31N3O4/c1-3-17(2)31-21-7-4-6-20(14-21)25-16-23(28)27-19-11-9-18(10-12-19)24(29)26-15-22-8-5-13-30-22/h4,6-7,9-12,14,17,22,25H,3,5,8,13,15-16H2,1-2H3,(H,26,29)(H,27,28). The van der Waals surface area contributed by atoms with Gasteiger partial charge in [0.15, 0.2) is 0 Å². The summed E-state index contributed by atoms with van der Waals surface area (Å²) in [4.78, 5) is 24.5. The van der Waals surface area contributed by atoms with Crippen LogP contribution in [0.4, 0.5) is 11.4 Å². The van der Waals surface area contributed by atoms with E-state index in [1.165, 1.54) is 0 Å². The van der Waals surface area contributed by atoms with Crippen LogP contribution in [0.25, 0.3) is 0 Å². The Morgan fingerprint density at radius 1 is 1.16 bits per heavy atom. The second-order valence-electron chi connectivity index (χ2n) is 7.69. The van der Waals surface area contributed by atoms with Crippen LogP contribution in [0, 0.1) is 0 Å². The molecule has 1 heterocycles. The molecule has 3 rings (SSSR count). The Morgan fingerprint density at radius 3 is 2.68 bits per heavy atom. The number of benzene rings is 2. The average Bonchev–Trinajstić information content (AvgIpc) is 3.30. The minimum atomic E-state index is -0.177. The van der Waals surface area contributed by atoms with E-state index in [0.717, 1.165) is 37.3 Å². The Labute approximate surface area is 183 Å². The summed E-state index contributed by atoms with van der Waals surface area (Å²) in [5, 5.41) is 8.82. The third-order valence-corrected chi connectivity index (χ3v) is 5.14. The van der Waals surface area contributed by atoms with Crippen molar-refractivity contribution in [1.29, 1.82) is 0 Å². The molecule has 166 valence electrons. The van der Waals surface area contributed by atoms with Gasteiger partial charge in [-0.2, -0.15) is 0 Å². The highest BCUT2D eigenvalue weighted by Crippen LogP contribution is 2.19. The van der Waals surface area contributed by atoms with Gasteiger partial charge in [0.25, 0.3) is 5.91 Å². The molecule has 2 amide bonds. The zero-order chi connectivity index (χ0) is 22.1. The van der Waals surface area contributed by atoms with E-state index < -0.39 is 0 Å². The van der Waals surface area contributed by atoms with Gasteiger partial charge in [0.05, 0.1) is 18.8 Å². The van der Waals surface area contributed by atoms with Crippen LogP contribution in [0.2, 0.25) is 0 Å². The van der Waals surface area contributed by atoms with Crippen molar-refractivity contribution in [3.8, 4) is 5.75 Å². The van der Waals surface area contributed by atoms with Crippen molar-refractivity contribution in [3.63, 3.8) is 0 Å². The summed E-state index contributed by atoms with van der Waals surface area (Å²) in [6.07, 6.45) is 3.20. The van der Waals surface area contributed by atoms with Gasteiger partial charge in [-0.25, -0.2) is 0 Å². The van der Waals surface area contributed by atoms with E-state index in [1.54, 1.807) is 24.3 Å². The number of ether oxygens (including phenoxy) is 2. The molecule has 2 unspecified atom stereocenters. The molecule has 31 heavy (non-hydrogen) atoms. The molecule has 7 heteroatoms. The number of carbonyl (C=O) groups excluding carboxylic acids is 2. The fourth-order valence-electron chi connectivity index (χ4n) is 3.20. The van der Waals surface area contributed by atoms with Crippen molar-refractivity contribution in [2.24, 2.45) is 0 Å². The van der Waals surface area contributed by atoms with Crippen LogP contribution in [0.3, 0.4) is 0 Å². The smallest absolute Gasteiger partial charge is 0.251 e. The second kappa shape index (κ2) is 11.4. The molecule has 0 saturated carbocycles. The third-order valence-electron chi connectivity index (χ3n) is 5.14. The van der Waals surface area contributed by atoms with Gasteiger partial charge in [-0.1, -0.05) is 13.0 Å². The van der Waals surface area contributed by atoms with Gasteiger partial charge in [0, 0.05) is 36.2 Å². The van der Waals surface area contributed by atoms with E-state index in [4.69, 9.17) is 9.47 Å². The number of anilines is 2. The lowest BCUT2D eigenvalue weighted by Gasteiger charge is -2.14. The third kappa shape index (κ3) is 7.29. The fourth-order valence-corrected chi connectivity index (χ4v) is 3.20.